The van der Waals surface area contributed by atoms with Gasteiger partial charge in [-0.25, -0.2) is 18.8 Å². The topological polar surface area (TPSA) is 68.2 Å². The number of benzene rings is 2. The van der Waals surface area contributed by atoms with Crippen LogP contribution in [0.4, 0.5) is 14.7 Å². The van der Waals surface area contributed by atoms with E-state index in [0.29, 0.717) is 5.95 Å². The number of aliphatic imine (C=N–C) groups is 1. The molecule has 2 aromatic carbocycles. The van der Waals surface area contributed by atoms with Crippen LogP contribution in [0.25, 0.3) is 11.0 Å². The number of hydrogen-bond donors (Lipinski definition) is 2. The molecule has 0 unspecified atom stereocenters. The van der Waals surface area contributed by atoms with Crippen LogP contribution >= 0.6 is 0 Å². The summed E-state index contributed by atoms with van der Waals surface area (Å²) >= 11 is 0. The van der Waals surface area contributed by atoms with Crippen molar-refractivity contribution < 1.29 is 8.78 Å². The first kappa shape index (κ1) is 12.8. The number of nitrogens with two attached hydrogens (primary N) is 1. The molecule has 1 atom stereocenters. The highest BCUT2D eigenvalue weighted by atomic mass is 19.1. The van der Waals surface area contributed by atoms with Crippen molar-refractivity contribution in [2.24, 2.45) is 10.7 Å². The van der Waals surface area contributed by atoms with Crippen molar-refractivity contribution in [1.82, 2.24) is 9.55 Å². The summed E-state index contributed by atoms with van der Waals surface area (Å²) in [5.74, 6) is -0.526. The molecule has 3 N–H and O–H groups in total. The number of para-hydroxylation sites is 2. The summed E-state index contributed by atoms with van der Waals surface area (Å²) in [5.41, 5.74) is 7.34. The first-order chi connectivity index (χ1) is 10.6. The number of anilines is 1. The van der Waals surface area contributed by atoms with Crippen molar-refractivity contribution >= 4 is 22.9 Å². The lowest BCUT2D eigenvalue weighted by atomic mass is 10.1. The van der Waals surface area contributed by atoms with Gasteiger partial charge in [0.25, 0.3) is 0 Å². The SMILES string of the molecule is NC1=N[C@H](c2cc(F)ccc2F)n2c(nc3ccccc32)N1. The zero-order valence-corrected chi connectivity index (χ0v) is 11.3. The van der Waals surface area contributed by atoms with Crippen LogP contribution < -0.4 is 11.1 Å². The number of hydrogen-bond acceptors (Lipinski definition) is 4. The third-order valence-electron chi connectivity index (χ3n) is 3.58. The predicted molar refractivity (Wildman–Crippen MR) is 79.5 cm³/mol. The van der Waals surface area contributed by atoms with Crippen LogP contribution in [0.1, 0.15) is 11.7 Å². The monoisotopic (exact) mass is 299 g/mol. The average Bonchev–Trinajstić information content (AvgIpc) is 2.87. The Hall–Kier alpha value is -2.96. The minimum absolute atomic E-state index is 0.105. The van der Waals surface area contributed by atoms with E-state index >= 15 is 0 Å². The molecule has 0 fully saturated rings. The molecule has 5 nitrogen and oxygen atoms in total. The van der Waals surface area contributed by atoms with E-state index in [9.17, 15) is 8.78 Å². The van der Waals surface area contributed by atoms with Gasteiger partial charge in [0.2, 0.25) is 5.95 Å². The van der Waals surface area contributed by atoms with E-state index in [1.54, 1.807) is 4.57 Å². The Morgan fingerprint density at radius 3 is 2.82 bits per heavy atom. The molecule has 0 saturated heterocycles. The molecule has 1 aliphatic rings. The van der Waals surface area contributed by atoms with Crippen LogP contribution in [0, 0.1) is 11.6 Å². The van der Waals surface area contributed by atoms with Gasteiger partial charge in [-0.2, -0.15) is 0 Å². The molecule has 1 aromatic heterocycles. The summed E-state index contributed by atoms with van der Waals surface area (Å²) in [6, 6.07) is 10.6. The van der Waals surface area contributed by atoms with Crippen LogP contribution in [-0.2, 0) is 0 Å². The Morgan fingerprint density at radius 2 is 1.95 bits per heavy atom. The molecule has 4 rings (SSSR count). The van der Waals surface area contributed by atoms with Crippen LogP contribution in [0.3, 0.4) is 0 Å². The van der Waals surface area contributed by atoms with Gasteiger partial charge < -0.3 is 5.73 Å². The van der Waals surface area contributed by atoms with Crippen LogP contribution in [0.5, 0.6) is 0 Å². The van der Waals surface area contributed by atoms with Crippen molar-refractivity contribution in [2.75, 3.05) is 5.32 Å². The summed E-state index contributed by atoms with van der Waals surface area (Å²) in [5, 5.41) is 2.85. The fraction of sp³-hybridized carbons (Fsp3) is 0.0667. The molecule has 22 heavy (non-hydrogen) atoms. The summed E-state index contributed by atoms with van der Waals surface area (Å²) in [7, 11) is 0. The standard InChI is InChI=1S/C15H11F2N5/c16-8-5-6-10(17)9(7-8)13-20-14(18)21-15-19-11-3-1-2-4-12(11)22(13)15/h1-7,13H,(H3,18,19,20,21)/t13-/m0/s1. The Balaban J connectivity index is 2.00. The van der Waals surface area contributed by atoms with Gasteiger partial charge in [-0.1, -0.05) is 12.1 Å². The lowest BCUT2D eigenvalue weighted by Gasteiger charge is -2.24. The van der Waals surface area contributed by atoms with E-state index in [2.05, 4.69) is 15.3 Å². The number of aromatic nitrogens is 2. The van der Waals surface area contributed by atoms with Gasteiger partial charge in [0.05, 0.1) is 11.0 Å². The zero-order chi connectivity index (χ0) is 15.3. The van der Waals surface area contributed by atoms with Gasteiger partial charge in [-0.3, -0.25) is 9.88 Å². The molecule has 1 aliphatic heterocycles. The van der Waals surface area contributed by atoms with Crippen LogP contribution in [0.15, 0.2) is 47.5 Å². The third kappa shape index (κ3) is 1.82. The second-order valence-corrected chi connectivity index (χ2v) is 4.97. The molecule has 0 amide bonds. The highest BCUT2D eigenvalue weighted by molar-refractivity contribution is 5.94. The second kappa shape index (κ2) is 4.52. The molecule has 2 heterocycles. The number of halogens is 2. The predicted octanol–water partition coefficient (Wildman–Crippen LogP) is 2.60. The van der Waals surface area contributed by atoms with Crippen molar-refractivity contribution in [3.05, 3.63) is 59.7 Å². The number of rotatable bonds is 1. The lowest BCUT2D eigenvalue weighted by molar-refractivity contribution is 0.537. The number of nitrogens with zero attached hydrogens (tertiary/aromatic N) is 3. The minimum Gasteiger partial charge on any atom is -0.370 e. The Labute approximate surface area is 124 Å². The smallest absolute Gasteiger partial charge is 0.212 e. The lowest BCUT2D eigenvalue weighted by Crippen LogP contribution is -2.31. The number of nitrogens with one attached hydrogen (secondary N) is 1. The first-order valence-electron chi connectivity index (χ1n) is 6.66. The van der Waals surface area contributed by atoms with E-state index in [1.165, 1.54) is 0 Å². The van der Waals surface area contributed by atoms with Gasteiger partial charge >= 0.3 is 0 Å². The second-order valence-electron chi connectivity index (χ2n) is 4.97. The van der Waals surface area contributed by atoms with Gasteiger partial charge in [0.15, 0.2) is 12.1 Å². The number of imidazole rings is 1. The number of guanidine groups is 1. The fourth-order valence-electron chi connectivity index (χ4n) is 2.64. The highest BCUT2D eigenvalue weighted by Gasteiger charge is 2.27. The summed E-state index contributed by atoms with van der Waals surface area (Å²) in [6.45, 7) is 0. The van der Waals surface area contributed by atoms with Crippen molar-refractivity contribution in [1.29, 1.82) is 0 Å². The molecule has 110 valence electrons. The fourth-order valence-corrected chi connectivity index (χ4v) is 2.64. The van der Waals surface area contributed by atoms with Gasteiger partial charge in [-0.15, -0.1) is 0 Å². The van der Waals surface area contributed by atoms with Gasteiger partial charge in [-0.05, 0) is 30.3 Å². The molecule has 3 aromatic rings. The highest BCUT2D eigenvalue weighted by Crippen LogP contribution is 2.33. The van der Waals surface area contributed by atoms with E-state index in [0.717, 1.165) is 29.2 Å². The summed E-state index contributed by atoms with van der Waals surface area (Å²) in [4.78, 5) is 8.62. The quantitative estimate of drug-likeness (QED) is 0.725. The van der Waals surface area contributed by atoms with Crippen molar-refractivity contribution in [2.45, 2.75) is 6.17 Å². The summed E-state index contributed by atoms with van der Waals surface area (Å²) < 4.78 is 29.4. The molecular formula is C15H11F2N5. The van der Waals surface area contributed by atoms with E-state index in [1.807, 2.05) is 24.3 Å². The molecular weight excluding hydrogens is 288 g/mol. The molecule has 0 aliphatic carbocycles. The maximum absolute atomic E-state index is 14.2. The maximum atomic E-state index is 14.2. The van der Waals surface area contributed by atoms with E-state index in [-0.39, 0.29) is 11.5 Å². The number of fused-ring (bicyclic) bond motifs is 3. The zero-order valence-electron chi connectivity index (χ0n) is 11.3. The summed E-state index contributed by atoms with van der Waals surface area (Å²) in [6.07, 6.45) is -0.806. The molecule has 0 bridgehead atoms. The third-order valence-corrected chi connectivity index (χ3v) is 3.58. The normalized spacial score (nSPS) is 17.0. The average molecular weight is 299 g/mol. The molecule has 0 radical (unpaired) electrons. The largest absolute Gasteiger partial charge is 0.370 e. The van der Waals surface area contributed by atoms with Crippen LogP contribution in [-0.4, -0.2) is 15.5 Å². The van der Waals surface area contributed by atoms with Crippen molar-refractivity contribution in [3.63, 3.8) is 0 Å². The van der Waals surface area contributed by atoms with Gasteiger partial charge in [0, 0.05) is 5.56 Å². The van der Waals surface area contributed by atoms with Crippen LogP contribution in [0.2, 0.25) is 0 Å². The first-order valence-corrected chi connectivity index (χ1v) is 6.66. The molecule has 0 saturated carbocycles. The Morgan fingerprint density at radius 1 is 1.14 bits per heavy atom. The maximum Gasteiger partial charge on any atom is 0.212 e. The van der Waals surface area contributed by atoms with E-state index in [4.69, 9.17) is 5.73 Å². The minimum atomic E-state index is -0.806. The molecule has 0 spiro atoms. The van der Waals surface area contributed by atoms with Gasteiger partial charge in [0.1, 0.15) is 11.6 Å². The molecule has 7 heteroatoms. The Kier molecular flexibility index (Phi) is 2.62. The van der Waals surface area contributed by atoms with E-state index < -0.39 is 17.8 Å². The van der Waals surface area contributed by atoms with Crippen molar-refractivity contribution in [3.8, 4) is 0 Å². The Bertz CT molecular complexity index is 915.